The summed E-state index contributed by atoms with van der Waals surface area (Å²) >= 11 is 9.41. The molecule has 0 aliphatic rings. The highest BCUT2D eigenvalue weighted by Gasteiger charge is 2.16. The normalized spacial score (nSPS) is 11.4. The number of hydrogen-bond donors (Lipinski definition) is 0. The van der Waals surface area contributed by atoms with E-state index in [0.29, 0.717) is 18.2 Å². The SMILES string of the molecule is CC.CCOC(=O)CN(C)CCC(Oc1ccc(Cl)cc1)c1ccc(Br)cc1. The van der Waals surface area contributed by atoms with Crippen molar-refractivity contribution in [3.05, 3.63) is 63.6 Å². The predicted octanol–water partition coefficient (Wildman–Crippen LogP) is 6.13. The maximum Gasteiger partial charge on any atom is 0.320 e. The van der Waals surface area contributed by atoms with E-state index in [0.717, 1.165) is 22.2 Å². The Morgan fingerprint density at radius 3 is 2.29 bits per heavy atom. The Balaban J connectivity index is 0.00000190. The second-order valence-electron chi connectivity index (χ2n) is 5.94. The van der Waals surface area contributed by atoms with Gasteiger partial charge in [0.15, 0.2) is 0 Å². The highest BCUT2D eigenvalue weighted by atomic mass is 79.9. The number of carbonyl (C=O) groups is 1. The van der Waals surface area contributed by atoms with Gasteiger partial charge in [-0.25, -0.2) is 0 Å². The Kier molecular flexibility index (Phi) is 11.9. The maximum atomic E-state index is 11.6. The third-order valence-corrected chi connectivity index (χ3v) is 4.59. The van der Waals surface area contributed by atoms with Crippen molar-refractivity contribution in [1.82, 2.24) is 4.90 Å². The number of ether oxygens (including phenoxy) is 2. The molecule has 0 amide bonds. The summed E-state index contributed by atoms with van der Waals surface area (Å²) in [6.45, 7) is 7.17. The van der Waals surface area contributed by atoms with Crippen LogP contribution in [0.2, 0.25) is 5.02 Å². The van der Waals surface area contributed by atoms with Crippen LogP contribution in [0.25, 0.3) is 0 Å². The van der Waals surface area contributed by atoms with Gasteiger partial charge < -0.3 is 9.47 Å². The third kappa shape index (κ3) is 9.09. The van der Waals surface area contributed by atoms with Gasteiger partial charge in [-0.3, -0.25) is 9.69 Å². The van der Waals surface area contributed by atoms with E-state index in [-0.39, 0.29) is 18.6 Å². The van der Waals surface area contributed by atoms with Crippen molar-refractivity contribution in [3.8, 4) is 5.75 Å². The van der Waals surface area contributed by atoms with Crippen molar-refractivity contribution in [1.29, 1.82) is 0 Å². The summed E-state index contributed by atoms with van der Waals surface area (Å²) in [4.78, 5) is 13.6. The van der Waals surface area contributed by atoms with Crippen LogP contribution in [0.1, 0.15) is 38.9 Å². The number of hydrogen-bond acceptors (Lipinski definition) is 4. The molecule has 0 aliphatic carbocycles. The van der Waals surface area contributed by atoms with Crippen molar-refractivity contribution in [2.24, 2.45) is 0 Å². The lowest BCUT2D eigenvalue weighted by atomic mass is 10.1. The van der Waals surface area contributed by atoms with Gasteiger partial charge in [-0.05, 0) is 55.9 Å². The minimum atomic E-state index is -0.214. The van der Waals surface area contributed by atoms with Crippen molar-refractivity contribution in [3.63, 3.8) is 0 Å². The molecule has 2 rings (SSSR count). The second-order valence-corrected chi connectivity index (χ2v) is 7.30. The number of carbonyl (C=O) groups excluding carboxylic acids is 1. The van der Waals surface area contributed by atoms with Crippen molar-refractivity contribution < 1.29 is 14.3 Å². The summed E-state index contributed by atoms with van der Waals surface area (Å²) in [6, 6.07) is 15.4. The highest BCUT2D eigenvalue weighted by molar-refractivity contribution is 9.10. The molecule has 2 aromatic rings. The standard InChI is InChI=1S/C20H23BrClNO3.C2H6/c1-3-25-20(24)14-23(2)13-12-19(15-4-6-16(21)7-5-15)26-18-10-8-17(22)9-11-18;1-2/h4-11,19H,3,12-14H2,1-2H3;1-2H3. The number of rotatable bonds is 9. The summed E-state index contributed by atoms with van der Waals surface area (Å²) in [6.07, 6.45) is 0.606. The molecule has 2 aromatic carbocycles. The second kappa shape index (κ2) is 13.6. The first-order valence-electron chi connectivity index (χ1n) is 9.49. The lowest BCUT2D eigenvalue weighted by Crippen LogP contribution is -2.29. The van der Waals surface area contributed by atoms with E-state index in [9.17, 15) is 4.79 Å². The van der Waals surface area contributed by atoms with Gasteiger partial charge in [0.25, 0.3) is 0 Å². The van der Waals surface area contributed by atoms with Gasteiger partial charge in [0.1, 0.15) is 11.9 Å². The van der Waals surface area contributed by atoms with E-state index in [4.69, 9.17) is 21.1 Å². The lowest BCUT2D eigenvalue weighted by molar-refractivity contribution is -0.144. The number of likely N-dealkylation sites (N-methyl/N-ethyl adjacent to an activating group) is 1. The Labute approximate surface area is 181 Å². The van der Waals surface area contributed by atoms with Gasteiger partial charge in [-0.15, -0.1) is 0 Å². The van der Waals surface area contributed by atoms with Crippen LogP contribution in [-0.2, 0) is 9.53 Å². The number of halogens is 2. The molecule has 154 valence electrons. The van der Waals surface area contributed by atoms with E-state index < -0.39 is 0 Å². The smallest absolute Gasteiger partial charge is 0.320 e. The molecule has 6 heteroatoms. The summed E-state index contributed by atoms with van der Waals surface area (Å²) in [5.41, 5.74) is 1.08. The van der Waals surface area contributed by atoms with Gasteiger partial charge in [-0.1, -0.05) is 53.5 Å². The Morgan fingerprint density at radius 1 is 1.11 bits per heavy atom. The van der Waals surface area contributed by atoms with E-state index in [1.54, 1.807) is 6.92 Å². The average Bonchev–Trinajstić information content (AvgIpc) is 2.69. The third-order valence-electron chi connectivity index (χ3n) is 3.81. The van der Waals surface area contributed by atoms with Gasteiger partial charge in [0.05, 0.1) is 13.2 Å². The van der Waals surface area contributed by atoms with Gasteiger partial charge in [0, 0.05) is 22.5 Å². The van der Waals surface area contributed by atoms with Crippen molar-refractivity contribution in [2.45, 2.75) is 33.3 Å². The van der Waals surface area contributed by atoms with Gasteiger partial charge >= 0.3 is 5.97 Å². The number of esters is 1. The first-order valence-corrected chi connectivity index (χ1v) is 10.7. The van der Waals surface area contributed by atoms with E-state index in [1.807, 2.05) is 74.3 Å². The molecule has 28 heavy (non-hydrogen) atoms. The molecule has 0 N–H and O–H groups in total. The van der Waals surface area contributed by atoms with Crippen LogP contribution in [0.15, 0.2) is 53.0 Å². The van der Waals surface area contributed by atoms with Crippen LogP contribution in [0.5, 0.6) is 5.75 Å². The minimum absolute atomic E-state index is 0.131. The highest BCUT2D eigenvalue weighted by Crippen LogP contribution is 2.27. The van der Waals surface area contributed by atoms with Crippen LogP contribution < -0.4 is 4.74 Å². The molecule has 0 bridgehead atoms. The predicted molar refractivity (Wildman–Crippen MR) is 119 cm³/mol. The largest absolute Gasteiger partial charge is 0.486 e. The zero-order chi connectivity index (χ0) is 20.9. The molecular weight excluding hydrogens is 442 g/mol. The molecule has 4 nitrogen and oxygen atoms in total. The lowest BCUT2D eigenvalue weighted by Gasteiger charge is -2.23. The van der Waals surface area contributed by atoms with Crippen molar-refractivity contribution in [2.75, 3.05) is 26.7 Å². The fourth-order valence-electron chi connectivity index (χ4n) is 2.49. The number of nitrogens with zero attached hydrogens (tertiary/aromatic N) is 1. The van der Waals surface area contributed by atoms with Crippen molar-refractivity contribution >= 4 is 33.5 Å². The molecule has 0 aliphatic heterocycles. The van der Waals surface area contributed by atoms with Crippen LogP contribution >= 0.6 is 27.5 Å². The Morgan fingerprint density at radius 2 is 1.71 bits per heavy atom. The first kappa shape index (κ1) is 24.5. The topological polar surface area (TPSA) is 38.8 Å². The molecule has 1 unspecified atom stereocenters. The molecule has 0 aromatic heterocycles. The zero-order valence-corrected chi connectivity index (χ0v) is 19.3. The summed E-state index contributed by atoms with van der Waals surface area (Å²) in [7, 11) is 1.90. The van der Waals surface area contributed by atoms with E-state index in [1.165, 1.54) is 0 Å². The van der Waals surface area contributed by atoms with Gasteiger partial charge in [0.2, 0.25) is 0 Å². The number of benzene rings is 2. The summed E-state index contributed by atoms with van der Waals surface area (Å²) < 4.78 is 12.2. The molecule has 0 radical (unpaired) electrons. The van der Waals surface area contributed by atoms with Crippen LogP contribution in [0.3, 0.4) is 0 Å². The maximum absolute atomic E-state index is 11.6. The Hall–Kier alpha value is -1.56. The summed E-state index contributed by atoms with van der Waals surface area (Å²) in [5.74, 6) is 0.546. The fraction of sp³-hybridized carbons (Fsp3) is 0.409. The van der Waals surface area contributed by atoms with Crippen LogP contribution in [0, 0.1) is 0 Å². The average molecular weight is 471 g/mol. The fourth-order valence-corrected chi connectivity index (χ4v) is 2.88. The van der Waals surface area contributed by atoms with E-state index in [2.05, 4.69) is 15.9 Å². The first-order chi connectivity index (χ1) is 13.5. The quantitative estimate of drug-likeness (QED) is 0.413. The van der Waals surface area contributed by atoms with Gasteiger partial charge in [-0.2, -0.15) is 0 Å². The Bertz CT molecular complexity index is 692. The monoisotopic (exact) mass is 469 g/mol. The zero-order valence-electron chi connectivity index (χ0n) is 17.0. The summed E-state index contributed by atoms with van der Waals surface area (Å²) in [5, 5.41) is 0.673. The molecule has 0 heterocycles. The molecule has 0 fully saturated rings. The molecular formula is C22H29BrClNO3. The van der Waals surface area contributed by atoms with E-state index >= 15 is 0 Å². The van der Waals surface area contributed by atoms with Crippen LogP contribution in [0.4, 0.5) is 0 Å². The molecule has 0 saturated heterocycles. The van der Waals surface area contributed by atoms with Crippen LogP contribution in [-0.4, -0.2) is 37.6 Å². The molecule has 0 saturated carbocycles. The molecule has 0 spiro atoms. The minimum Gasteiger partial charge on any atom is -0.486 e. The molecule has 1 atom stereocenters.